The molecule has 0 bridgehead atoms. The van der Waals surface area contributed by atoms with Crippen molar-refractivity contribution in [2.75, 3.05) is 6.61 Å². The van der Waals surface area contributed by atoms with Gasteiger partial charge in [-0.1, -0.05) is 26.0 Å². The summed E-state index contributed by atoms with van der Waals surface area (Å²) in [5.41, 5.74) is 0.841. The maximum atomic E-state index is 13.7. The Bertz CT molecular complexity index is 432. The van der Waals surface area contributed by atoms with Crippen LogP contribution in [0.3, 0.4) is 0 Å². The molecule has 1 aromatic rings. The van der Waals surface area contributed by atoms with Crippen molar-refractivity contribution in [2.24, 2.45) is 0 Å². The maximum Gasteiger partial charge on any atom is 0.165 e. The fraction of sp³-hybridized carbons (Fsp3) is 0.467. The zero-order valence-corrected chi connectivity index (χ0v) is 11.2. The minimum absolute atomic E-state index is 0.317. The van der Waals surface area contributed by atoms with Crippen molar-refractivity contribution in [3.63, 3.8) is 0 Å². The summed E-state index contributed by atoms with van der Waals surface area (Å²) < 4.78 is 19.2. The SMILES string of the molecule is CC#CCCOc1c(F)cccc1CNC(C)C. The van der Waals surface area contributed by atoms with E-state index >= 15 is 0 Å². The van der Waals surface area contributed by atoms with Gasteiger partial charge in [0.15, 0.2) is 11.6 Å². The summed E-state index contributed by atoms with van der Waals surface area (Å²) >= 11 is 0. The van der Waals surface area contributed by atoms with Crippen LogP contribution in [0.4, 0.5) is 4.39 Å². The molecule has 0 aliphatic rings. The molecule has 0 aliphatic carbocycles. The number of para-hydroxylation sites is 1. The molecule has 1 aromatic carbocycles. The van der Waals surface area contributed by atoms with Crippen LogP contribution in [0.15, 0.2) is 18.2 Å². The second-order valence-electron chi connectivity index (χ2n) is 4.29. The van der Waals surface area contributed by atoms with E-state index in [1.54, 1.807) is 13.0 Å². The number of rotatable bonds is 6. The first kappa shape index (κ1) is 14.5. The summed E-state index contributed by atoms with van der Waals surface area (Å²) in [6.07, 6.45) is 0.613. The van der Waals surface area contributed by atoms with E-state index in [9.17, 15) is 4.39 Å². The van der Waals surface area contributed by atoms with Crippen molar-refractivity contribution in [1.29, 1.82) is 0 Å². The zero-order valence-electron chi connectivity index (χ0n) is 11.2. The van der Waals surface area contributed by atoms with Gasteiger partial charge in [0.25, 0.3) is 0 Å². The van der Waals surface area contributed by atoms with Crippen LogP contribution in [0.1, 0.15) is 32.8 Å². The van der Waals surface area contributed by atoms with Crippen molar-refractivity contribution in [3.8, 4) is 17.6 Å². The molecule has 0 heterocycles. The van der Waals surface area contributed by atoms with Crippen LogP contribution >= 0.6 is 0 Å². The van der Waals surface area contributed by atoms with Gasteiger partial charge in [0.05, 0.1) is 6.61 Å². The van der Waals surface area contributed by atoms with Gasteiger partial charge in [0, 0.05) is 24.6 Å². The number of hydrogen-bond donors (Lipinski definition) is 1. The van der Waals surface area contributed by atoms with Crippen LogP contribution in [0.2, 0.25) is 0 Å². The molecule has 18 heavy (non-hydrogen) atoms. The van der Waals surface area contributed by atoms with Gasteiger partial charge in [-0.15, -0.1) is 11.8 Å². The fourth-order valence-corrected chi connectivity index (χ4v) is 1.50. The lowest BCUT2D eigenvalue weighted by atomic mass is 10.2. The standard InChI is InChI=1S/C15H20FNO/c1-4-5-6-10-18-15-13(11-17-12(2)3)8-7-9-14(15)16/h7-9,12,17H,6,10-11H2,1-3H3. The first-order chi connectivity index (χ1) is 8.65. The third kappa shape index (κ3) is 4.77. The average molecular weight is 249 g/mol. The molecule has 0 spiro atoms. The molecular weight excluding hydrogens is 229 g/mol. The van der Waals surface area contributed by atoms with E-state index in [1.165, 1.54) is 6.07 Å². The minimum Gasteiger partial charge on any atom is -0.489 e. The summed E-state index contributed by atoms with van der Waals surface area (Å²) in [7, 11) is 0. The third-order valence-corrected chi connectivity index (χ3v) is 2.40. The normalized spacial score (nSPS) is 10.1. The van der Waals surface area contributed by atoms with Crippen LogP contribution in [-0.2, 0) is 6.54 Å². The molecule has 0 saturated carbocycles. The minimum atomic E-state index is -0.317. The van der Waals surface area contributed by atoms with Gasteiger partial charge in [-0.25, -0.2) is 4.39 Å². The highest BCUT2D eigenvalue weighted by atomic mass is 19.1. The number of ether oxygens (including phenoxy) is 1. The molecular formula is C15H20FNO. The fourth-order valence-electron chi connectivity index (χ4n) is 1.50. The second-order valence-corrected chi connectivity index (χ2v) is 4.29. The first-order valence-electron chi connectivity index (χ1n) is 6.18. The average Bonchev–Trinajstić information content (AvgIpc) is 2.34. The highest BCUT2D eigenvalue weighted by molar-refractivity contribution is 5.35. The molecule has 0 amide bonds. The Hall–Kier alpha value is -1.53. The van der Waals surface area contributed by atoms with Gasteiger partial charge >= 0.3 is 0 Å². The molecule has 0 saturated heterocycles. The van der Waals surface area contributed by atoms with Gasteiger partial charge in [-0.05, 0) is 13.0 Å². The number of hydrogen-bond acceptors (Lipinski definition) is 2. The molecule has 98 valence electrons. The lowest BCUT2D eigenvalue weighted by molar-refractivity contribution is 0.305. The number of benzene rings is 1. The Kier molecular flexibility index (Phi) is 6.24. The van der Waals surface area contributed by atoms with Crippen LogP contribution in [0.5, 0.6) is 5.75 Å². The molecule has 0 radical (unpaired) electrons. The lowest BCUT2D eigenvalue weighted by Gasteiger charge is -2.13. The van der Waals surface area contributed by atoms with E-state index in [0.29, 0.717) is 31.4 Å². The van der Waals surface area contributed by atoms with Crippen molar-refractivity contribution in [1.82, 2.24) is 5.32 Å². The van der Waals surface area contributed by atoms with E-state index in [1.807, 2.05) is 6.07 Å². The predicted octanol–water partition coefficient (Wildman–Crippen LogP) is 3.12. The van der Waals surface area contributed by atoms with E-state index in [4.69, 9.17) is 4.74 Å². The van der Waals surface area contributed by atoms with Gasteiger partial charge in [0.2, 0.25) is 0 Å². The Balaban J connectivity index is 2.69. The molecule has 2 nitrogen and oxygen atoms in total. The van der Waals surface area contributed by atoms with E-state index < -0.39 is 0 Å². The predicted molar refractivity (Wildman–Crippen MR) is 71.9 cm³/mol. The Morgan fingerprint density at radius 1 is 1.39 bits per heavy atom. The van der Waals surface area contributed by atoms with Gasteiger partial charge < -0.3 is 10.1 Å². The maximum absolute atomic E-state index is 13.7. The van der Waals surface area contributed by atoms with Crippen molar-refractivity contribution < 1.29 is 9.13 Å². The topological polar surface area (TPSA) is 21.3 Å². The molecule has 1 rings (SSSR count). The molecule has 0 fully saturated rings. The van der Waals surface area contributed by atoms with Crippen molar-refractivity contribution >= 4 is 0 Å². The molecule has 3 heteroatoms. The Morgan fingerprint density at radius 3 is 2.83 bits per heavy atom. The molecule has 0 aliphatic heterocycles. The van der Waals surface area contributed by atoms with E-state index in [2.05, 4.69) is 31.0 Å². The quantitative estimate of drug-likeness (QED) is 0.618. The van der Waals surface area contributed by atoms with Crippen molar-refractivity contribution in [3.05, 3.63) is 29.6 Å². The zero-order chi connectivity index (χ0) is 13.4. The molecule has 0 unspecified atom stereocenters. The summed E-state index contributed by atoms with van der Waals surface area (Å²) in [4.78, 5) is 0. The molecule has 1 N–H and O–H groups in total. The van der Waals surface area contributed by atoms with Gasteiger partial charge in [-0.2, -0.15) is 0 Å². The smallest absolute Gasteiger partial charge is 0.165 e. The largest absolute Gasteiger partial charge is 0.489 e. The van der Waals surface area contributed by atoms with Crippen LogP contribution in [-0.4, -0.2) is 12.6 Å². The van der Waals surface area contributed by atoms with Crippen molar-refractivity contribution in [2.45, 2.75) is 39.8 Å². The van der Waals surface area contributed by atoms with Crippen LogP contribution in [0, 0.1) is 17.7 Å². The molecule has 0 atom stereocenters. The summed E-state index contributed by atoms with van der Waals surface area (Å²) in [5, 5.41) is 3.26. The summed E-state index contributed by atoms with van der Waals surface area (Å²) in [6, 6.07) is 5.34. The second kappa shape index (κ2) is 7.73. The first-order valence-corrected chi connectivity index (χ1v) is 6.18. The third-order valence-electron chi connectivity index (χ3n) is 2.40. The summed E-state index contributed by atoms with van der Waals surface area (Å²) in [5.74, 6) is 5.70. The Labute approximate surface area is 109 Å². The lowest BCUT2D eigenvalue weighted by Crippen LogP contribution is -2.22. The highest BCUT2D eigenvalue weighted by Gasteiger charge is 2.09. The van der Waals surface area contributed by atoms with Crippen LogP contribution < -0.4 is 10.1 Å². The monoisotopic (exact) mass is 249 g/mol. The highest BCUT2D eigenvalue weighted by Crippen LogP contribution is 2.22. The van der Waals surface area contributed by atoms with E-state index in [0.717, 1.165) is 5.56 Å². The van der Waals surface area contributed by atoms with E-state index in [-0.39, 0.29) is 5.82 Å². The van der Waals surface area contributed by atoms with Gasteiger partial charge in [0.1, 0.15) is 0 Å². The molecule has 0 aromatic heterocycles. The van der Waals surface area contributed by atoms with Crippen LogP contribution in [0.25, 0.3) is 0 Å². The number of nitrogens with one attached hydrogen (secondary N) is 1. The van der Waals surface area contributed by atoms with Gasteiger partial charge in [-0.3, -0.25) is 0 Å². The summed E-state index contributed by atoms with van der Waals surface area (Å²) in [6.45, 7) is 6.90. The number of halogens is 1. The Morgan fingerprint density at radius 2 is 2.17 bits per heavy atom.